The van der Waals surface area contributed by atoms with E-state index in [0.29, 0.717) is 18.2 Å². The molecular weight excluding hydrogens is 231 g/mol. The second-order valence-corrected chi connectivity index (χ2v) is 4.84. The predicted molar refractivity (Wildman–Crippen MR) is 70.8 cm³/mol. The number of hydrogen-bond acceptors (Lipinski definition) is 3. The average Bonchev–Trinajstić information content (AvgIpc) is 2.34. The number of rotatable bonds is 7. The summed E-state index contributed by atoms with van der Waals surface area (Å²) in [7, 11) is 0. The summed E-state index contributed by atoms with van der Waals surface area (Å²) in [6, 6.07) is 3.34. The highest BCUT2D eigenvalue weighted by Gasteiger charge is 2.13. The minimum Gasteiger partial charge on any atom is -0.387 e. The van der Waals surface area contributed by atoms with E-state index in [2.05, 4.69) is 30.7 Å². The molecule has 18 heavy (non-hydrogen) atoms. The SMILES string of the molecule is CCCN(CCC(O)c1ccc(F)cn1)C(C)C. The molecule has 1 aromatic rings. The lowest BCUT2D eigenvalue weighted by molar-refractivity contribution is 0.127. The summed E-state index contributed by atoms with van der Waals surface area (Å²) in [5, 5.41) is 10.00. The summed E-state index contributed by atoms with van der Waals surface area (Å²) in [6.07, 6.45) is 2.24. The van der Waals surface area contributed by atoms with Crippen LogP contribution in [0.2, 0.25) is 0 Å². The van der Waals surface area contributed by atoms with Crippen LogP contribution in [0.5, 0.6) is 0 Å². The minimum absolute atomic E-state index is 0.374. The zero-order valence-electron chi connectivity index (χ0n) is 11.4. The van der Waals surface area contributed by atoms with Crippen molar-refractivity contribution in [1.82, 2.24) is 9.88 Å². The van der Waals surface area contributed by atoms with Crippen molar-refractivity contribution in [2.75, 3.05) is 13.1 Å². The van der Waals surface area contributed by atoms with Crippen LogP contribution in [0.3, 0.4) is 0 Å². The van der Waals surface area contributed by atoms with Gasteiger partial charge < -0.3 is 10.0 Å². The van der Waals surface area contributed by atoms with E-state index < -0.39 is 6.10 Å². The summed E-state index contributed by atoms with van der Waals surface area (Å²) in [4.78, 5) is 6.23. The van der Waals surface area contributed by atoms with E-state index in [-0.39, 0.29) is 5.82 Å². The summed E-state index contributed by atoms with van der Waals surface area (Å²) in [5.41, 5.74) is 0.539. The molecule has 3 nitrogen and oxygen atoms in total. The van der Waals surface area contributed by atoms with Gasteiger partial charge in [-0.2, -0.15) is 0 Å². The first-order valence-electron chi connectivity index (χ1n) is 6.58. The van der Waals surface area contributed by atoms with Crippen LogP contribution in [0.4, 0.5) is 4.39 Å². The Bertz CT molecular complexity index is 340. The Morgan fingerprint density at radius 2 is 2.06 bits per heavy atom. The fourth-order valence-corrected chi connectivity index (χ4v) is 1.94. The lowest BCUT2D eigenvalue weighted by Gasteiger charge is -2.26. The topological polar surface area (TPSA) is 36.4 Å². The van der Waals surface area contributed by atoms with Crippen molar-refractivity contribution >= 4 is 0 Å². The third-order valence-corrected chi connectivity index (χ3v) is 3.02. The predicted octanol–water partition coefficient (Wildman–Crippen LogP) is 2.76. The highest BCUT2D eigenvalue weighted by molar-refractivity contribution is 5.07. The molecule has 1 N–H and O–H groups in total. The molecule has 1 rings (SSSR count). The van der Waals surface area contributed by atoms with E-state index in [1.54, 1.807) is 6.07 Å². The quantitative estimate of drug-likeness (QED) is 0.813. The minimum atomic E-state index is -0.622. The number of hydrogen-bond donors (Lipinski definition) is 1. The first-order chi connectivity index (χ1) is 8.54. The van der Waals surface area contributed by atoms with Crippen molar-refractivity contribution in [3.63, 3.8) is 0 Å². The van der Waals surface area contributed by atoms with Crippen LogP contribution in [-0.2, 0) is 0 Å². The molecule has 1 aromatic heterocycles. The Labute approximate surface area is 109 Å². The summed E-state index contributed by atoms with van der Waals surface area (Å²) >= 11 is 0. The molecule has 1 atom stereocenters. The monoisotopic (exact) mass is 254 g/mol. The Morgan fingerprint density at radius 3 is 2.56 bits per heavy atom. The van der Waals surface area contributed by atoms with Gasteiger partial charge in [0.15, 0.2) is 0 Å². The fourth-order valence-electron chi connectivity index (χ4n) is 1.94. The van der Waals surface area contributed by atoms with Crippen LogP contribution < -0.4 is 0 Å². The maximum atomic E-state index is 12.7. The van der Waals surface area contributed by atoms with Crippen molar-refractivity contribution in [2.24, 2.45) is 0 Å². The zero-order chi connectivity index (χ0) is 13.5. The van der Waals surface area contributed by atoms with E-state index >= 15 is 0 Å². The van der Waals surface area contributed by atoms with Gasteiger partial charge in [-0.3, -0.25) is 4.98 Å². The number of halogens is 1. The second kappa shape index (κ2) is 7.44. The van der Waals surface area contributed by atoms with Gasteiger partial charge in [-0.1, -0.05) is 6.92 Å². The molecule has 1 unspecified atom stereocenters. The number of aliphatic hydroxyl groups excluding tert-OH is 1. The maximum absolute atomic E-state index is 12.7. The number of aromatic nitrogens is 1. The van der Waals surface area contributed by atoms with Gasteiger partial charge >= 0.3 is 0 Å². The van der Waals surface area contributed by atoms with E-state index in [4.69, 9.17) is 0 Å². The van der Waals surface area contributed by atoms with Crippen molar-refractivity contribution in [1.29, 1.82) is 0 Å². The first kappa shape index (κ1) is 15.1. The van der Waals surface area contributed by atoms with E-state index in [1.807, 2.05) is 0 Å². The molecule has 0 spiro atoms. The normalized spacial score (nSPS) is 13.3. The van der Waals surface area contributed by atoms with Gasteiger partial charge in [0.1, 0.15) is 5.82 Å². The van der Waals surface area contributed by atoms with E-state index in [9.17, 15) is 9.50 Å². The Balaban J connectivity index is 2.48. The molecule has 0 aliphatic heterocycles. The van der Waals surface area contributed by atoms with Crippen LogP contribution >= 0.6 is 0 Å². The Hall–Kier alpha value is -1.00. The molecule has 0 saturated heterocycles. The van der Waals surface area contributed by atoms with Gasteiger partial charge in [-0.25, -0.2) is 4.39 Å². The number of nitrogens with zero attached hydrogens (tertiary/aromatic N) is 2. The van der Waals surface area contributed by atoms with Gasteiger partial charge in [0.05, 0.1) is 18.0 Å². The lowest BCUT2D eigenvalue weighted by atomic mass is 10.1. The molecule has 0 amide bonds. The fraction of sp³-hybridized carbons (Fsp3) is 0.643. The zero-order valence-corrected chi connectivity index (χ0v) is 11.4. The number of pyridine rings is 1. The summed E-state index contributed by atoms with van der Waals surface area (Å²) < 4.78 is 12.7. The van der Waals surface area contributed by atoms with Gasteiger partial charge in [0, 0.05) is 12.6 Å². The molecule has 0 radical (unpaired) electrons. The van der Waals surface area contributed by atoms with Crippen molar-refractivity contribution in [3.05, 3.63) is 29.8 Å². The van der Waals surface area contributed by atoms with Crippen LogP contribution in [0.15, 0.2) is 18.3 Å². The molecule has 1 heterocycles. The third kappa shape index (κ3) is 4.70. The van der Waals surface area contributed by atoms with Gasteiger partial charge in [0.2, 0.25) is 0 Å². The highest BCUT2D eigenvalue weighted by Crippen LogP contribution is 2.15. The standard InChI is InChI=1S/C14H23FN2O/c1-4-8-17(11(2)3)9-7-14(18)13-6-5-12(15)10-16-13/h5-6,10-11,14,18H,4,7-9H2,1-3H3. The van der Waals surface area contributed by atoms with Crippen molar-refractivity contribution in [3.8, 4) is 0 Å². The first-order valence-corrected chi connectivity index (χ1v) is 6.58. The molecule has 0 bridgehead atoms. The van der Waals surface area contributed by atoms with E-state index in [1.165, 1.54) is 6.07 Å². The summed E-state index contributed by atoms with van der Waals surface area (Å²) in [6.45, 7) is 8.30. The average molecular weight is 254 g/mol. The molecule has 0 aliphatic carbocycles. The Morgan fingerprint density at radius 1 is 1.33 bits per heavy atom. The van der Waals surface area contributed by atoms with Crippen LogP contribution in [-0.4, -0.2) is 34.1 Å². The molecule has 0 aliphatic rings. The van der Waals surface area contributed by atoms with Crippen LogP contribution in [0, 0.1) is 5.82 Å². The van der Waals surface area contributed by atoms with Gasteiger partial charge in [-0.15, -0.1) is 0 Å². The molecule has 0 aromatic carbocycles. The maximum Gasteiger partial charge on any atom is 0.141 e. The second-order valence-electron chi connectivity index (χ2n) is 4.84. The van der Waals surface area contributed by atoms with Gasteiger partial charge in [0.25, 0.3) is 0 Å². The molecular formula is C14H23FN2O. The molecule has 0 fully saturated rings. The van der Waals surface area contributed by atoms with Crippen molar-refractivity contribution < 1.29 is 9.50 Å². The smallest absolute Gasteiger partial charge is 0.141 e. The van der Waals surface area contributed by atoms with Crippen molar-refractivity contribution in [2.45, 2.75) is 45.8 Å². The summed E-state index contributed by atoms with van der Waals surface area (Å²) in [5.74, 6) is -0.374. The largest absolute Gasteiger partial charge is 0.387 e. The third-order valence-electron chi connectivity index (χ3n) is 3.02. The van der Waals surface area contributed by atoms with Crippen LogP contribution in [0.25, 0.3) is 0 Å². The molecule has 102 valence electrons. The van der Waals surface area contributed by atoms with Crippen LogP contribution in [0.1, 0.15) is 45.4 Å². The molecule has 4 heteroatoms. The molecule has 0 saturated carbocycles. The van der Waals surface area contributed by atoms with Gasteiger partial charge in [-0.05, 0) is 45.4 Å². The number of aliphatic hydroxyl groups is 1. The Kier molecular flexibility index (Phi) is 6.22. The lowest BCUT2D eigenvalue weighted by Crippen LogP contribution is -2.33. The van der Waals surface area contributed by atoms with E-state index in [0.717, 1.165) is 25.7 Å². The highest BCUT2D eigenvalue weighted by atomic mass is 19.1.